The highest BCUT2D eigenvalue weighted by Gasteiger charge is 2.20. The Morgan fingerprint density at radius 3 is 2.86 bits per heavy atom. The maximum absolute atomic E-state index is 12.6. The molecule has 112 valence electrons. The van der Waals surface area contributed by atoms with Crippen LogP contribution in [0.1, 0.15) is 30.9 Å². The van der Waals surface area contributed by atoms with E-state index in [2.05, 4.69) is 15.3 Å². The first-order valence-corrected chi connectivity index (χ1v) is 6.83. The fourth-order valence-electron chi connectivity index (χ4n) is 1.92. The van der Waals surface area contributed by atoms with E-state index >= 15 is 0 Å². The maximum Gasteiger partial charge on any atom is 0.320 e. The average Bonchev–Trinajstić information content (AvgIpc) is 3.19. The monoisotopic (exact) mass is 294 g/mol. The minimum absolute atomic E-state index is 0.0152. The Balaban J connectivity index is 1.53. The largest absolute Gasteiger partial charge is 0.484 e. The molecule has 1 saturated carbocycles. The summed E-state index contributed by atoms with van der Waals surface area (Å²) >= 11 is 0. The topological polar surface area (TPSA) is 52.0 Å². The number of imidazole rings is 1. The molecule has 1 aliphatic rings. The van der Waals surface area contributed by atoms with Gasteiger partial charge in [0.05, 0.1) is 11.9 Å². The molecule has 3 rings (SSSR count). The summed E-state index contributed by atoms with van der Waals surface area (Å²) in [6.45, 7) is -1.89. The summed E-state index contributed by atoms with van der Waals surface area (Å²) in [5.74, 6) is 0.721. The number of nitrogens with zero attached hydrogens (tertiary/aromatic N) is 3. The number of hydrogen-bond acceptors (Lipinski definition) is 4. The smallest absolute Gasteiger partial charge is 0.320 e. The van der Waals surface area contributed by atoms with Gasteiger partial charge in [-0.15, -0.1) is 0 Å². The molecule has 1 fully saturated rings. The second-order valence-electron chi connectivity index (χ2n) is 4.96. The van der Waals surface area contributed by atoms with Crippen LogP contribution >= 0.6 is 0 Å². The van der Waals surface area contributed by atoms with Crippen LogP contribution in [0.25, 0.3) is 0 Å². The molecule has 0 atom stereocenters. The number of halogens is 2. The van der Waals surface area contributed by atoms with Gasteiger partial charge in [0.15, 0.2) is 5.82 Å². The lowest BCUT2D eigenvalue weighted by Gasteiger charge is -2.09. The van der Waals surface area contributed by atoms with Gasteiger partial charge in [0.25, 0.3) is 0 Å². The Kier molecular flexibility index (Phi) is 4.10. The van der Waals surface area contributed by atoms with Crippen molar-refractivity contribution < 1.29 is 13.5 Å². The summed E-state index contributed by atoms with van der Waals surface area (Å²) in [6.07, 6.45) is 6.62. The molecule has 1 N–H and O–H groups in total. The van der Waals surface area contributed by atoms with Crippen LogP contribution in [0.5, 0.6) is 5.75 Å². The van der Waals surface area contributed by atoms with Crippen molar-refractivity contribution in [3.8, 4) is 5.75 Å². The number of ether oxygens (including phenoxy) is 1. The minimum atomic E-state index is -2.61. The highest BCUT2D eigenvalue weighted by atomic mass is 19.3. The first kappa shape index (κ1) is 13.9. The molecule has 0 amide bonds. The molecular weight excluding hydrogens is 278 g/mol. The zero-order chi connectivity index (χ0) is 14.7. The second kappa shape index (κ2) is 6.17. The molecule has 2 aromatic rings. The third kappa shape index (κ3) is 3.75. The van der Waals surface area contributed by atoms with Gasteiger partial charge in [-0.3, -0.25) is 9.55 Å². The summed E-state index contributed by atoms with van der Waals surface area (Å²) in [5.41, 5.74) is 0.934. The molecule has 0 radical (unpaired) electrons. The minimum Gasteiger partial charge on any atom is -0.484 e. The number of pyridine rings is 1. The van der Waals surface area contributed by atoms with Crippen molar-refractivity contribution in [2.24, 2.45) is 0 Å². The van der Waals surface area contributed by atoms with E-state index in [0.29, 0.717) is 11.8 Å². The molecule has 0 bridgehead atoms. The molecule has 0 saturated heterocycles. The van der Waals surface area contributed by atoms with E-state index in [-0.39, 0.29) is 12.4 Å². The molecule has 7 heteroatoms. The molecule has 1 aliphatic carbocycles. The van der Waals surface area contributed by atoms with Gasteiger partial charge in [-0.1, -0.05) is 0 Å². The predicted octanol–water partition coefficient (Wildman–Crippen LogP) is 2.50. The van der Waals surface area contributed by atoms with Crippen molar-refractivity contribution in [2.75, 3.05) is 0 Å². The van der Waals surface area contributed by atoms with Gasteiger partial charge in [-0.2, -0.15) is 8.78 Å². The van der Waals surface area contributed by atoms with Crippen molar-refractivity contribution in [3.63, 3.8) is 0 Å². The van der Waals surface area contributed by atoms with Gasteiger partial charge in [-0.05, 0) is 25.0 Å². The van der Waals surface area contributed by atoms with E-state index < -0.39 is 6.55 Å². The van der Waals surface area contributed by atoms with Gasteiger partial charge in [0.2, 0.25) is 0 Å². The van der Waals surface area contributed by atoms with E-state index in [1.54, 1.807) is 12.3 Å². The molecule has 21 heavy (non-hydrogen) atoms. The fraction of sp³-hybridized carbons (Fsp3) is 0.429. The van der Waals surface area contributed by atoms with Crippen LogP contribution in [0.4, 0.5) is 8.78 Å². The van der Waals surface area contributed by atoms with E-state index in [0.717, 1.165) is 16.8 Å². The Labute approximate surface area is 121 Å². The molecule has 0 aromatic carbocycles. The third-order valence-electron chi connectivity index (χ3n) is 3.27. The quantitative estimate of drug-likeness (QED) is 0.852. The van der Waals surface area contributed by atoms with E-state index in [9.17, 15) is 8.78 Å². The number of aromatic nitrogens is 3. The first-order valence-electron chi connectivity index (χ1n) is 6.83. The predicted molar refractivity (Wildman–Crippen MR) is 71.9 cm³/mol. The fourth-order valence-corrected chi connectivity index (χ4v) is 1.92. The summed E-state index contributed by atoms with van der Waals surface area (Å²) in [5, 5.41) is 3.37. The van der Waals surface area contributed by atoms with Crippen molar-refractivity contribution in [2.45, 2.75) is 38.6 Å². The Hall–Kier alpha value is -2.02. The summed E-state index contributed by atoms with van der Waals surface area (Å²) in [7, 11) is 0. The summed E-state index contributed by atoms with van der Waals surface area (Å²) in [4.78, 5) is 8.13. The van der Waals surface area contributed by atoms with Crippen LogP contribution in [0.3, 0.4) is 0 Å². The molecule has 2 aromatic heterocycles. The molecular formula is C14H16F2N4O. The van der Waals surface area contributed by atoms with Gasteiger partial charge in [-0.25, -0.2) is 4.98 Å². The number of hydrogen-bond donors (Lipinski definition) is 1. The number of rotatable bonds is 7. The van der Waals surface area contributed by atoms with Crippen LogP contribution < -0.4 is 10.1 Å². The molecule has 0 unspecified atom stereocenters. The lowest BCUT2D eigenvalue weighted by Crippen LogP contribution is -2.16. The van der Waals surface area contributed by atoms with Gasteiger partial charge >= 0.3 is 6.55 Å². The van der Waals surface area contributed by atoms with Crippen LogP contribution in [-0.2, 0) is 13.2 Å². The van der Waals surface area contributed by atoms with E-state index in [1.165, 1.54) is 25.2 Å². The van der Waals surface area contributed by atoms with Crippen LogP contribution in [-0.4, -0.2) is 20.6 Å². The Morgan fingerprint density at radius 1 is 1.33 bits per heavy atom. The van der Waals surface area contributed by atoms with Crippen LogP contribution in [0.15, 0.2) is 30.7 Å². The molecule has 0 aliphatic heterocycles. The lowest BCUT2D eigenvalue weighted by atomic mass is 10.3. The Bertz CT molecular complexity index is 581. The van der Waals surface area contributed by atoms with Crippen molar-refractivity contribution >= 4 is 0 Å². The normalized spacial score (nSPS) is 14.6. The summed E-state index contributed by atoms with van der Waals surface area (Å²) < 4.78 is 31.5. The Morgan fingerprint density at radius 2 is 2.19 bits per heavy atom. The molecule has 5 nitrogen and oxygen atoms in total. The molecule has 0 spiro atoms. The SMILES string of the molecule is FC(F)n1ccnc1COc1ccc(CNC2CC2)nc1. The number of nitrogens with one attached hydrogen (secondary N) is 1. The third-order valence-corrected chi connectivity index (χ3v) is 3.27. The zero-order valence-corrected chi connectivity index (χ0v) is 11.4. The second-order valence-corrected chi connectivity index (χ2v) is 4.96. The van der Waals surface area contributed by atoms with E-state index in [4.69, 9.17) is 4.74 Å². The van der Waals surface area contributed by atoms with Crippen LogP contribution in [0.2, 0.25) is 0 Å². The standard InChI is InChI=1S/C14H16F2N4O/c15-14(16)20-6-5-17-13(20)9-21-12-4-3-11(19-8-12)7-18-10-1-2-10/h3-6,8,10,14,18H,1-2,7,9H2. The van der Waals surface area contributed by atoms with Crippen molar-refractivity contribution in [1.29, 1.82) is 0 Å². The van der Waals surface area contributed by atoms with Gasteiger partial charge in [0, 0.05) is 25.0 Å². The van der Waals surface area contributed by atoms with Crippen molar-refractivity contribution in [1.82, 2.24) is 19.9 Å². The maximum atomic E-state index is 12.6. The number of alkyl halides is 2. The lowest BCUT2D eigenvalue weighted by molar-refractivity contribution is 0.0632. The van der Waals surface area contributed by atoms with E-state index in [1.807, 2.05) is 6.07 Å². The van der Waals surface area contributed by atoms with Crippen LogP contribution in [0, 0.1) is 0 Å². The molecule has 2 heterocycles. The summed E-state index contributed by atoms with van der Waals surface area (Å²) in [6, 6.07) is 4.28. The van der Waals surface area contributed by atoms with Crippen molar-refractivity contribution in [3.05, 3.63) is 42.2 Å². The highest BCUT2D eigenvalue weighted by molar-refractivity contribution is 5.20. The first-order chi connectivity index (χ1) is 10.2. The highest BCUT2D eigenvalue weighted by Crippen LogP contribution is 2.19. The van der Waals surface area contributed by atoms with Gasteiger partial charge < -0.3 is 10.1 Å². The average molecular weight is 294 g/mol. The zero-order valence-electron chi connectivity index (χ0n) is 11.4. The van der Waals surface area contributed by atoms with Gasteiger partial charge in [0.1, 0.15) is 12.4 Å².